The van der Waals surface area contributed by atoms with Gasteiger partial charge in [0.25, 0.3) is 11.7 Å². The molecule has 1 aliphatic heterocycles. The molecule has 1 atom stereocenters. The number of anilines is 1. The van der Waals surface area contributed by atoms with Gasteiger partial charge in [0.1, 0.15) is 23.1 Å². The van der Waals surface area contributed by atoms with Crippen molar-refractivity contribution in [2.24, 2.45) is 0 Å². The normalized spacial score (nSPS) is 17.6. The van der Waals surface area contributed by atoms with Crippen LogP contribution >= 0.6 is 0 Å². The lowest BCUT2D eigenvalue weighted by Gasteiger charge is -2.25. The van der Waals surface area contributed by atoms with E-state index < -0.39 is 35.1 Å². The number of amides is 1. The van der Waals surface area contributed by atoms with Crippen molar-refractivity contribution in [1.82, 2.24) is 0 Å². The molecule has 0 spiro atoms. The molecule has 0 saturated carbocycles. The van der Waals surface area contributed by atoms with Crippen LogP contribution < -0.4 is 9.64 Å². The van der Waals surface area contributed by atoms with Gasteiger partial charge < -0.3 is 9.84 Å². The van der Waals surface area contributed by atoms with E-state index in [-0.39, 0.29) is 11.3 Å². The summed E-state index contributed by atoms with van der Waals surface area (Å²) in [4.78, 5) is 26.9. The van der Waals surface area contributed by atoms with Crippen LogP contribution in [-0.4, -0.2) is 23.4 Å². The van der Waals surface area contributed by atoms with Crippen molar-refractivity contribution < 1.29 is 28.2 Å². The molecule has 1 aliphatic rings. The molecule has 162 valence electrons. The number of aliphatic hydroxyl groups is 1. The summed E-state index contributed by atoms with van der Waals surface area (Å²) in [7, 11) is 0. The monoisotopic (exact) mass is 435 g/mol. The molecule has 5 nitrogen and oxygen atoms in total. The van der Waals surface area contributed by atoms with Crippen molar-refractivity contribution in [1.29, 1.82) is 0 Å². The fourth-order valence-electron chi connectivity index (χ4n) is 3.74. The van der Waals surface area contributed by atoms with Gasteiger partial charge >= 0.3 is 0 Å². The maximum atomic E-state index is 14.6. The molecule has 1 fully saturated rings. The molecule has 32 heavy (non-hydrogen) atoms. The summed E-state index contributed by atoms with van der Waals surface area (Å²) in [6, 6.07) is 16.5. The number of ketones is 1. The summed E-state index contributed by atoms with van der Waals surface area (Å²) in [6.45, 7) is 2.30. The Morgan fingerprint density at radius 2 is 1.69 bits per heavy atom. The van der Waals surface area contributed by atoms with Crippen LogP contribution in [0.2, 0.25) is 0 Å². The number of carbonyl (C=O) groups is 2. The van der Waals surface area contributed by atoms with Crippen molar-refractivity contribution in [2.75, 3.05) is 11.5 Å². The Balaban J connectivity index is 1.90. The van der Waals surface area contributed by atoms with Crippen LogP contribution in [0.1, 0.15) is 24.1 Å². The third-order valence-corrected chi connectivity index (χ3v) is 5.17. The number of aliphatic hydroxyl groups excluding tert-OH is 1. The molecule has 1 saturated heterocycles. The summed E-state index contributed by atoms with van der Waals surface area (Å²) in [6.07, 6.45) is 0. The largest absolute Gasteiger partial charge is 0.507 e. The Labute approximate surface area is 183 Å². The molecular formula is C25H19F2NO4. The van der Waals surface area contributed by atoms with Gasteiger partial charge in [-0.2, -0.15) is 0 Å². The third kappa shape index (κ3) is 3.73. The Morgan fingerprint density at radius 3 is 2.31 bits per heavy atom. The second-order valence-electron chi connectivity index (χ2n) is 7.13. The highest BCUT2D eigenvalue weighted by Crippen LogP contribution is 2.43. The average molecular weight is 435 g/mol. The third-order valence-electron chi connectivity index (χ3n) is 5.17. The predicted molar refractivity (Wildman–Crippen MR) is 115 cm³/mol. The van der Waals surface area contributed by atoms with E-state index in [1.165, 1.54) is 0 Å². The van der Waals surface area contributed by atoms with Gasteiger partial charge in [0.15, 0.2) is 0 Å². The van der Waals surface area contributed by atoms with E-state index in [1.54, 1.807) is 54.6 Å². The maximum absolute atomic E-state index is 14.6. The van der Waals surface area contributed by atoms with Crippen LogP contribution in [0.25, 0.3) is 5.76 Å². The standard InChI is InChI=1S/C25H19F2NO4/c1-2-32-18-11-8-16(9-12-18)23(29)21-22(15-6-4-3-5-7-15)28(25(31)24(21)30)20-13-10-17(26)14-19(20)27/h3-14,22,29H,2H2,1H3/b23-21+. The van der Waals surface area contributed by atoms with Gasteiger partial charge in [-0.15, -0.1) is 0 Å². The summed E-state index contributed by atoms with van der Waals surface area (Å²) < 4.78 is 33.5. The summed E-state index contributed by atoms with van der Waals surface area (Å²) in [5.74, 6) is -3.60. The SMILES string of the molecule is CCOc1ccc(/C(O)=C2\C(=O)C(=O)N(c3ccc(F)cc3F)C2c2ccccc2)cc1. The molecule has 0 aromatic heterocycles. The van der Waals surface area contributed by atoms with Crippen molar-refractivity contribution in [2.45, 2.75) is 13.0 Å². The highest BCUT2D eigenvalue weighted by molar-refractivity contribution is 6.51. The van der Waals surface area contributed by atoms with E-state index in [9.17, 15) is 23.5 Å². The van der Waals surface area contributed by atoms with Gasteiger partial charge in [0, 0.05) is 11.6 Å². The number of rotatable bonds is 5. The quantitative estimate of drug-likeness (QED) is 0.348. The molecule has 1 amide bonds. The fourth-order valence-corrected chi connectivity index (χ4v) is 3.74. The summed E-state index contributed by atoms with van der Waals surface area (Å²) >= 11 is 0. The second kappa shape index (κ2) is 8.63. The predicted octanol–water partition coefficient (Wildman–Crippen LogP) is 4.99. The molecule has 4 rings (SSSR count). The number of halogens is 2. The number of ether oxygens (including phenoxy) is 1. The Bertz CT molecular complexity index is 1210. The first kappa shape index (κ1) is 21.2. The van der Waals surface area contributed by atoms with E-state index in [1.807, 2.05) is 6.92 Å². The molecule has 3 aromatic rings. The lowest BCUT2D eigenvalue weighted by Crippen LogP contribution is -2.30. The van der Waals surface area contributed by atoms with Crippen LogP contribution in [0.15, 0.2) is 78.4 Å². The van der Waals surface area contributed by atoms with Gasteiger partial charge in [0.2, 0.25) is 0 Å². The van der Waals surface area contributed by atoms with Crippen LogP contribution in [0.3, 0.4) is 0 Å². The van der Waals surface area contributed by atoms with Crippen LogP contribution in [0, 0.1) is 11.6 Å². The molecule has 1 heterocycles. The van der Waals surface area contributed by atoms with E-state index in [0.717, 1.165) is 17.0 Å². The zero-order chi connectivity index (χ0) is 22.8. The molecule has 0 radical (unpaired) electrons. The Hall–Kier alpha value is -4.00. The minimum Gasteiger partial charge on any atom is -0.507 e. The summed E-state index contributed by atoms with van der Waals surface area (Å²) in [5, 5.41) is 11.0. The van der Waals surface area contributed by atoms with Crippen molar-refractivity contribution >= 4 is 23.1 Å². The molecule has 1 unspecified atom stereocenters. The number of hydrogen-bond donors (Lipinski definition) is 1. The molecule has 0 aliphatic carbocycles. The highest BCUT2D eigenvalue weighted by Gasteiger charge is 2.47. The van der Waals surface area contributed by atoms with Crippen LogP contribution in [-0.2, 0) is 9.59 Å². The van der Waals surface area contributed by atoms with Crippen LogP contribution in [0.4, 0.5) is 14.5 Å². The van der Waals surface area contributed by atoms with Gasteiger partial charge in [-0.05, 0) is 48.9 Å². The Kier molecular flexibility index (Phi) is 5.73. The molecule has 1 N–H and O–H groups in total. The first-order chi connectivity index (χ1) is 15.4. The first-order valence-electron chi connectivity index (χ1n) is 9.96. The van der Waals surface area contributed by atoms with Gasteiger partial charge in [0.05, 0.1) is 23.9 Å². The van der Waals surface area contributed by atoms with E-state index in [0.29, 0.717) is 29.5 Å². The minimum absolute atomic E-state index is 0.186. The topological polar surface area (TPSA) is 66.8 Å². The van der Waals surface area contributed by atoms with Crippen LogP contribution in [0.5, 0.6) is 5.75 Å². The van der Waals surface area contributed by atoms with Crippen molar-refractivity contribution in [3.05, 3.63) is 101 Å². The molecule has 0 bridgehead atoms. The number of benzene rings is 3. The number of Topliss-reactive ketones (excluding diaryl/α,β-unsaturated/α-hetero) is 1. The van der Waals surface area contributed by atoms with E-state index >= 15 is 0 Å². The molecular weight excluding hydrogens is 416 g/mol. The lowest BCUT2D eigenvalue weighted by molar-refractivity contribution is -0.132. The number of nitrogens with zero attached hydrogens (tertiary/aromatic N) is 1. The van der Waals surface area contributed by atoms with E-state index in [2.05, 4.69) is 0 Å². The highest BCUT2D eigenvalue weighted by atomic mass is 19.1. The van der Waals surface area contributed by atoms with Crippen molar-refractivity contribution in [3.63, 3.8) is 0 Å². The average Bonchev–Trinajstić information content (AvgIpc) is 3.05. The number of carbonyl (C=O) groups excluding carboxylic acids is 2. The molecule has 7 heteroatoms. The van der Waals surface area contributed by atoms with E-state index in [4.69, 9.17) is 4.74 Å². The smallest absolute Gasteiger partial charge is 0.300 e. The molecule has 3 aromatic carbocycles. The van der Waals surface area contributed by atoms with Gasteiger partial charge in [-0.3, -0.25) is 14.5 Å². The summed E-state index contributed by atoms with van der Waals surface area (Å²) in [5.41, 5.74) is 0.344. The zero-order valence-corrected chi connectivity index (χ0v) is 17.1. The number of hydrogen-bond acceptors (Lipinski definition) is 4. The first-order valence-corrected chi connectivity index (χ1v) is 9.96. The Morgan fingerprint density at radius 1 is 1.00 bits per heavy atom. The maximum Gasteiger partial charge on any atom is 0.300 e. The van der Waals surface area contributed by atoms with Gasteiger partial charge in [-0.25, -0.2) is 8.78 Å². The zero-order valence-electron chi connectivity index (χ0n) is 17.1. The fraction of sp³-hybridized carbons (Fsp3) is 0.120. The van der Waals surface area contributed by atoms with Crippen molar-refractivity contribution in [3.8, 4) is 5.75 Å². The lowest BCUT2D eigenvalue weighted by atomic mass is 9.95. The second-order valence-corrected chi connectivity index (χ2v) is 7.13. The van der Waals surface area contributed by atoms with Gasteiger partial charge in [-0.1, -0.05) is 30.3 Å². The minimum atomic E-state index is -1.09.